The second kappa shape index (κ2) is 3.56. The van der Waals surface area contributed by atoms with Crippen LogP contribution >= 0.6 is 0 Å². The first-order chi connectivity index (χ1) is 6.36. The molecule has 1 unspecified atom stereocenters. The Kier molecular flexibility index (Phi) is 2.79. The first-order valence-electron chi connectivity index (χ1n) is 4.69. The summed E-state index contributed by atoms with van der Waals surface area (Å²) in [5, 5.41) is 9.87. The van der Waals surface area contributed by atoms with E-state index in [2.05, 4.69) is 0 Å². The molecule has 1 atom stereocenters. The summed E-state index contributed by atoms with van der Waals surface area (Å²) in [6.45, 7) is 7.96. The summed E-state index contributed by atoms with van der Waals surface area (Å²) >= 11 is 0. The Labute approximate surface area is 84.6 Å². The van der Waals surface area contributed by atoms with Crippen molar-refractivity contribution in [2.24, 2.45) is 5.41 Å². The Bertz CT molecular complexity index is 347. The molecule has 14 heavy (non-hydrogen) atoms. The third-order valence-corrected chi connectivity index (χ3v) is 2.34. The van der Waals surface area contributed by atoms with E-state index in [1.165, 1.54) is 0 Å². The van der Waals surface area contributed by atoms with Crippen LogP contribution in [0, 0.1) is 5.41 Å². The van der Waals surface area contributed by atoms with Crippen molar-refractivity contribution < 1.29 is 9.90 Å². The van der Waals surface area contributed by atoms with Gasteiger partial charge in [-0.05, 0) is 29.6 Å². The molecule has 76 valence electrons. The lowest BCUT2D eigenvalue weighted by Gasteiger charge is -2.29. The van der Waals surface area contributed by atoms with Gasteiger partial charge in [-0.3, -0.25) is 0 Å². The van der Waals surface area contributed by atoms with E-state index in [1.54, 1.807) is 12.0 Å². The lowest BCUT2D eigenvalue weighted by molar-refractivity contribution is 0.220. The summed E-state index contributed by atoms with van der Waals surface area (Å²) in [7, 11) is 0. The van der Waals surface area contributed by atoms with Crippen molar-refractivity contribution in [3.63, 3.8) is 0 Å². The van der Waals surface area contributed by atoms with E-state index in [9.17, 15) is 9.90 Å². The number of allylic oxidation sites excluding steroid dienone is 2. The zero-order valence-electron chi connectivity index (χ0n) is 9.09. The zero-order chi connectivity index (χ0) is 10.9. The van der Waals surface area contributed by atoms with Crippen molar-refractivity contribution in [3.05, 3.63) is 28.9 Å². The van der Waals surface area contributed by atoms with Crippen LogP contribution in [0.1, 0.15) is 27.7 Å². The van der Waals surface area contributed by atoms with Gasteiger partial charge in [0.25, 0.3) is 0 Å². The average Bonchev–Trinajstić information content (AvgIpc) is 2.06. The highest BCUT2D eigenvalue weighted by Gasteiger charge is 2.28. The van der Waals surface area contributed by atoms with Crippen molar-refractivity contribution >= 4 is 5.94 Å². The molecule has 0 aromatic heterocycles. The zero-order valence-corrected chi connectivity index (χ0v) is 9.09. The number of hydrogen-bond acceptors (Lipinski definition) is 2. The van der Waals surface area contributed by atoms with Gasteiger partial charge in [-0.2, -0.15) is 0 Å². The first-order valence-corrected chi connectivity index (χ1v) is 4.69. The van der Waals surface area contributed by atoms with Gasteiger partial charge in [-0.15, -0.1) is 0 Å². The molecule has 1 rings (SSSR count). The SMILES string of the molecule is CC1=CC(=C=O)C(O)C(C(C)(C)C)=C1. The lowest BCUT2D eigenvalue weighted by atomic mass is 9.77. The Morgan fingerprint density at radius 2 is 1.93 bits per heavy atom. The maximum atomic E-state index is 10.6. The highest BCUT2D eigenvalue weighted by Crippen LogP contribution is 2.34. The topological polar surface area (TPSA) is 37.3 Å². The standard InChI is InChI=1S/C12H16O2/c1-8-5-9(7-13)11(14)10(6-8)12(2,3)4/h5-6,11,14H,1-4H3. The van der Waals surface area contributed by atoms with E-state index >= 15 is 0 Å². The molecule has 0 aromatic rings. The number of aliphatic hydroxyl groups excluding tert-OH is 1. The molecule has 0 amide bonds. The molecule has 0 saturated heterocycles. The number of rotatable bonds is 0. The van der Waals surface area contributed by atoms with Gasteiger partial charge in [0, 0.05) is 0 Å². The van der Waals surface area contributed by atoms with Gasteiger partial charge in [0.1, 0.15) is 12.0 Å². The van der Waals surface area contributed by atoms with E-state index in [4.69, 9.17) is 0 Å². The molecule has 0 bridgehead atoms. The maximum absolute atomic E-state index is 10.6. The van der Waals surface area contributed by atoms with Crippen molar-refractivity contribution in [1.29, 1.82) is 0 Å². The fourth-order valence-corrected chi connectivity index (χ4v) is 1.57. The minimum atomic E-state index is -0.795. The third-order valence-electron chi connectivity index (χ3n) is 2.34. The molecule has 1 N–H and O–H groups in total. The molecular formula is C12H16O2. The van der Waals surface area contributed by atoms with E-state index in [0.717, 1.165) is 11.1 Å². The Balaban J connectivity index is 3.21. The van der Waals surface area contributed by atoms with Crippen LogP contribution in [0.25, 0.3) is 0 Å². The Morgan fingerprint density at radius 3 is 2.36 bits per heavy atom. The van der Waals surface area contributed by atoms with Gasteiger partial charge in [0.2, 0.25) is 0 Å². The minimum Gasteiger partial charge on any atom is -0.383 e. The summed E-state index contributed by atoms with van der Waals surface area (Å²) < 4.78 is 0. The fraction of sp³-hybridized carbons (Fsp3) is 0.500. The van der Waals surface area contributed by atoms with Crippen molar-refractivity contribution in [2.75, 3.05) is 0 Å². The molecule has 0 aromatic carbocycles. The van der Waals surface area contributed by atoms with Crippen molar-refractivity contribution in [2.45, 2.75) is 33.8 Å². The van der Waals surface area contributed by atoms with Crippen LogP contribution < -0.4 is 0 Å². The Hall–Kier alpha value is -1.11. The molecule has 2 nitrogen and oxygen atoms in total. The van der Waals surface area contributed by atoms with Crippen LogP contribution in [0.4, 0.5) is 0 Å². The van der Waals surface area contributed by atoms with Crippen molar-refractivity contribution in [3.8, 4) is 0 Å². The van der Waals surface area contributed by atoms with Crippen LogP contribution in [0.3, 0.4) is 0 Å². The summed E-state index contributed by atoms with van der Waals surface area (Å²) in [6, 6.07) is 0. The van der Waals surface area contributed by atoms with Crippen LogP contribution in [0.5, 0.6) is 0 Å². The predicted molar refractivity (Wildman–Crippen MR) is 56.5 cm³/mol. The molecular weight excluding hydrogens is 176 g/mol. The molecule has 0 heterocycles. The van der Waals surface area contributed by atoms with E-state index in [1.807, 2.05) is 33.8 Å². The van der Waals surface area contributed by atoms with E-state index < -0.39 is 6.10 Å². The van der Waals surface area contributed by atoms with E-state index in [-0.39, 0.29) is 5.41 Å². The molecule has 0 saturated carbocycles. The van der Waals surface area contributed by atoms with Gasteiger partial charge in [-0.1, -0.05) is 26.8 Å². The summed E-state index contributed by atoms with van der Waals surface area (Å²) in [5.74, 6) is 1.79. The summed E-state index contributed by atoms with van der Waals surface area (Å²) in [4.78, 5) is 10.6. The average molecular weight is 192 g/mol. The third kappa shape index (κ3) is 2.03. The molecule has 0 spiro atoms. The monoisotopic (exact) mass is 192 g/mol. The quantitative estimate of drug-likeness (QED) is 0.596. The first kappa shape index (κ1) is 11.0. The van der Waals surface area contributed by atoms with Crippen LogP contribution in [0.2, 0.25) is 0 Å². The van der Waals surface area contributed by atoms with E-state index in [0.29, 0.717) is 5.57 Å². The molecule has 0 aliphatic heterocycles. The highest BCUT2D eigenvalue weighted by molar-refractivity contribution is 5.64. The highest BCUT2D eigenvalue weighted by atomic mass is 16.3. The second-order valence-electron chi connectivity index (χ2n) is 4.70. The summed E-state index contributed by atoms with van der Waals surface area (Å²) in [5.41, 5.74) is 2.06. The van der Waals surface area contributed by atoms with Crippen LogP contribution in [-0.4, -0.2) is 17.2 Å². The van der Waals surface area contributed by atoms with Gasteiger partial charge < -0.3 is 5.11 Å². The smallest absolute Gasteiger partial charge is 0.131 e. The maximum Gasteiger partial charge on any atom is 0.131 e. The number of hydrogen-bond donors (Lipinski definition) is 1. The van der Waals surface area contributed by atoms with Crippen LogP contribution in [-0.2, 0) is 4.79 Å². The number of aliphatic hydroxyl groups is 1. The molecule has 0 fully saturated rings. The molecule has 1 aliphatic carbocycles. The van der Waals surface area contributed by atoms with Crippen LogP contribution in [0.15, 0.2) is 28.9 Å². The van der Waals surface area contributed by atoms with Gasteiger partial charge >= 0.3 is 0 Å². The fourth-order valence-electron chi connectivity index (χ4n) is 1.57. The van der Waals surface area contributed by atoms with Crippen molar-refractivity contribution in [1.82, 2.24) is 0 Å². The largest absolute Gasteiger partial charge is 0.383 e. The Morgan fingerprint density at radius 1 is 1.36 bits per heavy atom. The molecule has 0 radical (unpaired) electrons. The number of carbonyl (C=O) groups excluding carboxylic acids is 1. The molecule has 1 aliphatic rings. The predicted octanol–water partition coefficient (Wildman–Crippen LogP) is 2.04. The van der Waals surface area contributed by atoms with Gasteiger partial charge in [-0.25, -0.2) is 4.79 Å². The second-order valence-corrected chi connectivity index (χ2v) is 4.70. The minimum absolute atomic E-state index is 0.128. The lowest BCUT2D eigenvalue weighted by Crippen LogP contribution is -2.26. The van der Waals surface area contributed by atoms with Gasteiger partial charge in [0.05, 0.1) is 5.57 Å². The normalized spacial score (nSPS) is 22.6. The summed E-state index contributed by atoms with van der Waals surface area (Å²) in [6.07, 6.45) is 2.81. The molecule has 2 heteroatoms. The van der Waals surface area contributed by atoms with Gasteiger partial charge in [0.15, 0.2) is 0 Å².